The van der Waals surface area contributed by atoms with Gasteiger partial charge in [-0.1, -0.05) is 13.8 Å². The first-order valence-corrected chi connectivity index (χ1v) is 11.4. The van der Waals surface area contributed by atoms with Crippen LogP contribution in [0.5, 0.6) is 0 Å². The Kier molecular flexibility index (Phi) is 6.43. The molecule has 26 heavy (non-hydrogen) atoms. The fourth-order valence-electron chi connectivity index (χ4n) is 3.01. The minimum Gasteiger partial charge on any atom is -0.481 e. The van der Waals surface area contributed by atoms with Gasteiger partial charge in [-0.25, -0.2) is 16.8 Å². The molecule has 1 fully saturated rings. The van der Waals surface area contributed by atoms with Gasteiger partial charge in [0.1, 0.15) is 0 Å². The van der Waals surface area contributed by atoms with E-state index < -0.39 is 31.9 Å². The summed E-state index contributed by atoms with van der Waals surface area (Å²) in [4.78, 5) is 11.1. The first kappa shape index (κ1) is 20.8. The molecule has 8 nitrogen and oxygen atoms in total. The van der Waals surface area contributed by atoms with E-state index in [1.807, 2.05) is 0 Å². The second kappa shape index (κ2) is 8.03. The monoisotopic (exact) mass is 404 g/mol. The second-order valence-corrected chi connectivity index (χ2v) is 9.98. The number of piperidine rings is 1. The predicted octanol–water partition coefficient (Wildman–Crippen LogP) is 1.20. The molecule has 0 spiro atoms. The van der Waals surface area contributed by atoms with E-state index in [-0.39, 0.29) is 22.9 Å². The molecule has 1 heterocycles. The van der Waals surface area contributed by atoms with E-state index in [9.17, 15) is 21.6 Å². The highest BCUT2D eigenvalue weighted by Crippen LogP contribution is 2.25. The van der Waals surface area contributed by atoms with Crippen LogP contribution in [0, 0.1) is 5.92 Å². The largest absolute Gasteiger partial charge is 0.481 e. The zero-order valence-electron chi connectivity index (χ0n) is 14.8. The first-order valence-electron chi connectivity index (χ1n) is 8.47. The first-order chi connectivity index (χ1) is 12.1. The number of sulfonamides is 2. The van der Waals surface area contributed by atoms with Crippen molar-refractivity contribution >= 4 is 26.0 Å². The molecule has 1 atom stereocenters. The van der Waals surface area contributed by atoms with Gasteiger partial charge < -0.3 is 5.11 Å². The Morgan fingerprint density at radius 1 is 1.12 bits per heavy atom. The molecule has 0 bridgehead atoms. The summed E-state index contributed by atoms with van der Waals surface area (Å²) in [6.07, 6.45) is 0.924. The topological polar surface area (TPSA) is 112 Å². The lowest BCUT2D eigenvalue weighted by Crippen LogP contribution is -2.42. The number of carboxylic acids is 1. The van der Waals surface area contributed by atoms with E-state index in [1.165, 1.54) is 28.6 Å². The third-order valence-electron chi connectivity index (χ3n) is 4.54. The highest BCUT2D eigenvalue weighted by molar-refractivity contribution is 7.89. The molecule has 1 aromatic rings. The Hall–Kier alpha value is -1.49. The summed E-state index contributed by atoms with van der Waals surface area (Å²) in [5.41, 5.74) is 0. The normalized spacial score (nSPS) is 19.6. The maximum Gasteiger partial charge on any atom is 0.307 e. The molecule has 1 aromatic carbocycles. The smallest absolute Gasteiger partial charge is 0.307 e. The van der Waals surface area contributed by atoms with Gasteiger partial charge in [-0.05, 0) is 37.1 Å². The SMILES string of the molecule is CCN(CC)S(=O)(=O)c1ccc(S(=O)(=O)N2CCCC(C(=O)O)C2)cc1. The molecule has 1 unspecified atom stereocenters. The fourth-order valence-corrected chi connectivity index (χ4v) is 5.99. The van der Waals surface area contributed by atoms with Gasteiger partial charge in [-0.3, -0.25) is 4.79 Å². The van der Waals surface area contributed by atoms with Gasteiger partial charge in [0.2, 0.25) is 20.0 Å². The van der Waals surface area contributed by atoms with Crippen LogP contribution in [-0.4, -0.2) is 62.7 Å². The molecule has 10 heteroatoms. The van der Waals surface area contributed by atoms with Crippen LogP contribution in [0.25, 0.3) is 0 Å². The summed E-state index contributed by atoms with van der Waals surface area (Å²) in [7, 11) is -7.52. The van der Waals surface area contributed by atoms with Crippen molar-refractivity contribution in [1.82, 2.24) is 8.61 Å². The summed E-state index contributed by atoms with van der Waals surface area (Å²) in [6, 6.07) is 5.07. The average molecular weight is 405 g/mol. The van der Waals surface area contributed by atoms with Crippen molar-refractivity contribution in [2.45, 2.75) is 36.5 Å². The number of aliphatic carboxylic acids is 1. The molecular weight excluding hydrogens is 380 g/mol. The molecule has 146 valence electrons. The summed E-state index contributed by atoms with van der Waals surface area (Å²) in [5, 5.41) is 9.12. The third kappa shape index (κ3) is 4.08. The zero-order chi connectivity index (χ0) is 19.5. The minimum absolute atomic E-state index is 0.0298. The minimum atomic E-state index is -3.86. The van der Waals surface area contributed by atoms with Crippen LogP contribution >= 0.6 is 0 Å². The molecule has 1 saturated heterocycles. The van der Waals surface area contributed by atoms with E-state index in [1.54, 1.807) is 13.8 Å². The van der Waals surface area contributed by atoms with Gasteiger partial charge in [-0.15, -0.1) is 0 Å². The lowest BCUT2D eigenvalue weighted by molar-refractivity contribution is -0.142. The predicted molar refractivity (Wildman–Crippen MR) is 95.7 cm³/mol. The maximum absolute atomic E-state index is 12.7. The molecule has 0 saturated carbocycles. The number of nitrogens with zero attached hydrogens (tertiary/aromatic N) is 2. The van der Waals surface area contributed by atoms with Crippen molar-refractivity contribution in [2.24, 2.45) is 5.92 Å². The van der Waals surface area contributed by atoms with E-state index >= 15 is 0 Å². The Morgan fingerprint density at radius 3 is 2.15 bits per heavy atom. The standard InChI is InChI=1S/C16H24N2O6S2/c1-3-17(4-2)25(21,22)14-7-9-15(10-8-14)26(23,24)18-11-5-6-13(12-18)16(19)20/h7-10,13H,3-6,11-12H2,1-2H3,(H,19,20). The molecule has 1 aliphatic rings. The van der Waals surface area contributed by atoms with E-state index in [2.05, 4.69) is 0 Å². The van der Waals surface area contributed by atoms with E-state index in [4.69, 9.17) is 5.11 Å². The molecular formula is C16H24N2O6S2. The number of rotatable bonds is 7. The van der Waals surface area contributed by atoms with Crippen molar-refractivity contribution in [3.63, 3.8) is 0 Å². The highest BCUT2D eigenvalue weighted by Gasteiger charge is 2.33. The van der Waals surface area contributed by atoms with E-state index in [0.29, 0.717) is 25.9 Å². The Bertz CT molecular complexity index is 845. The molecule has 0 aromatic heterocycles. The fraction of sp³-hybridized carbons (Fsp3) is 0.562. The summed E-state index contributed by atoms with van der Waals surface area (Å²) in [5.74, 6) is -1.73. The van der Waals surface area contributed by atoms with Gasteiger partial charge in [0.05, 0.1) is 15.7 Å². The number of hydrogen-bond donors (Lipinski definition) is 1. The van der Waals surface area contributed by atoms with Crippen molar-refractivity contribution < 1.29 is 26.7 Å². The van der Waals surface area contributed by atoms with Gasteiger partial charge in [0.15, 0.2) is 0 Å². The zero-order valence-corrected chi connectivity index (χ0v) is 16.5. The molecule has 0 amide bonds. The van der Waals surface area contributed by atoms with Crippen LogP contribution in [0.3, 0.4) is 0 Å². The Labute approximate surface area is 154 Å². The van der Waals surface area contributed by atoms with Crippen LogP contribution in [-0.2, 0) is 24.8 Å². The number of carbonyl (C=O) groups is 1. The van der Waals surface area contributed by atoms with Crippen molar-refractivity contribution in [1.29, 1.82) is 0 Å². The number of carboxylic acid groups (broad SMARTS) is 1. The summed E-state index contributed by atoms with van der Waals surface area (Å²) >= 11 is 0. The van der Waals surface area contributed by atoms with Gasteiger partial charge in [-0.2, -0.15) is 8.61 Å². The Morgan fingerprint density at radius 2 is 1.65 bits per heavy atom. The van der Waals surface area contributed by atoms with Crippen molar-refractivity contribution in [3.8, 4) is 0 Å². The van der Waals surface area contributed by atoms with Crippen molar-refractivity contribution in [3.05, 3.63) is 24.3 Å². The molecule has 0 aliphatic carbocycles. The number of benzene rings is 1. The van der Waals surface area contributed by atoms with Crippen LogP contribution in [0.15, 0.2) is 34.1 Å². The third-order valence-corrected chi connectivity index (χ3v) is 8.48. The molecule has 0 radical (unpaired) electrons. The molecule has 2 rings (SSSR count). The average Bonchev–Trinajstić information content (AvgIpc) is 2.62. The quantitative estimate of drug-likeness (QED) is 0.731. The second-order valence-electron chi connectivity index (χ2n) is 6.10. The molecule has 1 N–H and O–H groups in total. The lowest BCUT2D eigenvalue weighted by atomic mass is 10.0. The lowest BCUT2D eigenvalue weighted by Gasteiger charge is -2.29. The van der Waals surface area contributed by atoms with Crippen LogP contribution in [0.1, 0.15) is 26.7 Å². The van der Waals surface area contributed by atoms with Crippen LogP contribution < -0.4 is 0 Å². The van der Waals surface area contributed by atoms with E-state index in [0.717, 1.165) is 4.31 Å². The van der Waals surface area contributed by atoms with Crippen LogP contribution in [0.2, 0.25) is 0 Å². The van der Waals surface area contributed by atoms with Gasteiger partial charge in [0.25, 0.3) is 0 Å². The van der Waals surface area contributed by atoms with Crippen LogP contribution in [0.4, 0.5) is 0 Å². The highest BCUT2D eigenvalue weighted by atomic mass is 32.2. The Balaban J connectivity index is 2.28. The number of hydrogen-bond acceptors (Lipinski definition) is 5. The summed E-state index contributed by atoms with van der Waals surface area (Å²) < 4.78 is 52.9. The maximum atomic E-state index is 12.7. The van der Waals surface area contributed by atoms with Gasteiger partial charge in [0, 0.05) is 26.2 Å². The summed E-state index contributed by atoms with van der Waals surface area (Å²) in [6.45, 7) is 4.29. The van der Waals surface area contributed by atoms with Crippen molar-refractivity contribution in [2.75, 3.05) is 26.2 Å². The molecule has 1 aliphatic heterocycles. The van der Waals surface area contributed by atoms with Gasteiger partial charge >= 0.3 is 5.97 Å².